The van der Waals surface area contributed by atoms with Crippen molar-refractivity contribution >= 4 is 47.3 Å². The van der Waals surface area contributed by atoms with E-state index in [2.05, 4.69) is 5.16 Å². The first-order valence-electron chi connectivity index (χ1n) is 18.6. The van der Waals surface area contributed by atoms with Crippen LogP contribution in [0.3, 0.4) is 0 Å². The van der Waals surface area contributed by atoms with Gasteiger partial charge in [0, 0.05) is 78.3 Å². The monoisotopic (exact) mass is 793 g/mol. The molecule has 2 aliphatic heterocycles. The predicted molar refractivity (Wildman–Crippen MR) is 210 cm³/mol. The van der Waals surface area contributed by atoms with Crippen LogP contribution in [0.2, 0.25) is 0 Å². The van der Waals surface area contributed by atoms with Crippen molar-refractivity contribution in [3.05, 3.63) is 153 Å². The molecular formula is C46H35NO12. The number of benzene rings is 5. The number of hydrogen-bond donors (Lipinski definition) is 1. The van der Waals surface area contributed by atoms with Crippen molar-refractivity contribution in [2.24, 2.45) is 5.16 Å². The minimum Gasteiger partial charge on any atom is -0.456 e. The Balaban J connectivity index is 1.45. The number of ketones is 4. The normalized spacial score (nSPS) is 13.1. The minimum absolute atomic E-state index is 0.0123. The number of nitrogens with zero attached hydrogens (tertiary/aromatic N) is 1. The Morgan fingerprint density at radius 2 is 1.17 bits per heavy atom. The van der Waals surface area contributed by atoms with Gasteiger partial charge in [-0.2, -0.15) is 0 Å². The minimum atomic E-state index is -1.89. The summed E-state index contributed by atoms with van der Waals surface area (Å²) in [6, 6.07) is 26.9. The van der Waals surface area contributed by atoms with Crippen LogP contribution in [0.15, 0.2) is 108 Å². The highest BCUT2D eigenvalue weighted by atomic mass is 16.6. The fourth-order valence-electron chi connectivity index (χ4n) is 7.24. The fraction of sp³-hybridized carbons (Fsp3) is 0.174. The van der Waals surface area contributed by atoms with Crippen molar-refractivity contribution in [3.8, 4) is 23.0 Å². The van der Waals surface area contributed by atoms with E-state index in [1.165, 1.54) is 56.3 Å². The van der Waals surface area contributed by atoms with E-state index in [0.717, 1.165) is 6.21 Å². The molecule has 2 aliphatic rings. The van der Waals surface area contributed by atoms with Crippen LogP contribution >= 0.6 is 0 Å². The molecule has 0 radical (unpaired) electrons. The van der Waals surface area contributed by atoms with E-state index < -0.39 is 35.1 Å². The molecule has 13 heteroatoms. The number of carbonyl (C=O) groups excluding carboxylic acids is 7. The van der Waals surface area contributed by atoms with Crippen molar-refractivity contribution in [1.29, 1.82) is 0 Å². The zero-order valence-electron chi connectivity index (χ0n) is 31.8. The van der Waals surface area contributed by atoms with Crippen LogP contribution in [0.1, 0.15) is 114 Å². The molecule has 0 atom stereocenters. The topological polar surface area (TPSA) is 189 Å². The van der Waals surface area contributed by atoms with E-state index >= 15 is 0 Å². The lowest BCUT2D eigenvalue weighted by Crippen LogP contribution is -2.33. The van der Waals surface area contributed by atoms with Crippen molar-refractivity contribution in [3.63, 3.8) is 0 Å². The van der Waals surface area contributed by atoms with Gasteiger partial charge in [0.05, 0.1) is 16.7 Å². The van der Waals surface area contributed by atoms with E-state index in [1.807, 2.05) is 0 Å². The Bertz CT molecular complexity index is 2490. The maximum absolute atomic E-state index is 14.4. The Morgan fingerprint density at radius 1 is 0.661 bits per heavy atom. The lowest BCUT2D eigenvalue weighted by Gasteiger charge is -2.37. The molecule has 0 amide bonds. The van der Waals surface area contributed by atoms with E-state index in [9.17, 15) is 38.8 Å². The molecular weight excluding hydrogens is 759 g/mol. The van der Waals surface area contributed by atoms with Crippen LogP contribution < -0.4 is 14.2 Å². The van der Waals surface area contributed by atoms with Crippen LogP contribution in [0, 0.1) is 0 Å². The summed E-state index contributed by atoms with van der Waals surface area (Å²) in [4.78, 5) is 92.7. The van der Waals surface area contributed by atoms with Crippen LogP contribution in [0.4, 0.5) is 0 Å². The van der Waals surface area contributed by atoms with Gasteiger partial charge in [-0.25, -0.2) is 14.4 Å². The molecule has 0 saturated heterocycles. The highest BCUT2D eigenvalue weighted by molar-refractivity contribution is 6.14. The first-order chi connectivity index (χ1) is 28.4. The summed E-state index contributed by atoms with van der Waals surface area (Å²) < 4.78 is 24.2. The highest BCUT2D eigenvalue weighted by Gasteiger charge is 2.55. The third kappa shape index (κ3) is 7.77. The molecule has 7 rings (SSSR count). The molecule has 1 spiro atoms. The molecule has 5 aromatic carbocycles. The van der Waals surface area contributed by atoms with Crippen LogP contribution in [-0.2, 0) is 26.3 Å². The predicted octanol–water partition coefficient (Wildman–Crippen LogP) is 7.80. The van der Waals surface area contributed by atoms with Gasteiger partial charge in [0.15, 0.2) is 17.2 Å². The average molecular weight is 794 g/mol. The summed E-state index contributed by atoms with van der Waals surface area (Å²) in [6.45, 7) is 2.64. The lowest BCUT2D eigenvalue weighted by molar-refractivity contribution is -0.117. The van der Waals surface area contributed by atoms with Gasteiger partial charge in [0.1, 0.15) is 34.6 Å². The van der Waals surface area contributed by atoms with Crippen LogP contribution in [-0.4, -0.2) is 52.5 Å². The largest absolute Gasteiger partial charge is 0.456 e. The molecule has 0 fully saturated rings. The summed E-state index contributed by atoms with van der Waals surface area (Å²) in [7, 11) is 0. The van der Waals surface area contributed by atoms with Crippen LogP contribution in [0.5, 0.6) is 23.0 Å². The molecule has 0 saturated carbocycles. The number of rotatable bonds is 14. The summed E-state index contributed by atoms with van der Waals surface area (Å²) in [5.74, 6) is -3.72. The van der Waals surface area contributed by atoms with Crippen molar-refractivity contribution in [1.82, 2.24) is 0 Å². The molecule has 0 unspecified atom stereocenters. The van der Waals surface area contributed by atoms with Gasteiger partial charge in [-0.15, -0.1) is 5.16 Å². The first kappa shape index (κ1) is 39.7. The molecule has 296 valence electrons. The van der Waals surface area contributed by atoms with Gasteiger partial charge >= 0.3 is 17.9 Å². The molecule has 2 heterocycles. The van der Waals surface area contributed by atoms with E-state index in [0.29, 0.717) is 0 Å². The lowest BCUT2D eigenvalue weighted by atomic mass is 9.74. The SMILES string of the molecule is CC(=O)CCC(=O)c1cc2c(c(CC=NO)c1C(=O)CCC(C)=O)C(=O)OC21c2ccc(OC(=O)c3ccccc3)cc2Oc2cc(OC(=O)c3ccccc3)ccc21. The smallest absolute Gasteiger partial charge is 0.343 e. The molecule has 5 aromatic rings. The third-order valence-corrected chi connectivity index (χ3v) is 9.95. The Kier molecular flexibility index (Phi) is 11.1. The number of Topliss-reactive ketones (excluding diaryl/α,β-unsaturated/α-hetero) is 4. The van der Waals surface area contributed by atoms with E-state index in [-0.39, 0.29) is 117 Å². The van der Waals surface area contributed by atoms with Gasteiger partial charge in [-0.3, -0.25) is 9.59 Å². The second-order valence-electron chi connectivity index (χ2n) is 14.0. The standard InChI is InChI=1S/C46H35NO12/c1-26(48)13-19-37(50)33-25-36-42(32(21-22-47-55)41(33)38(51)20-14-27(2)49)45(54)59-46(36)34-17-15-30(56-43(52)28-9-5-3-6-10-28)23-39(34)58-40-24-31(16-18-35(40)46)57-44(53)29-11-7-4-8-12-29/h3-12,15-18,22-25,55H,13-14,19-21H2,1-2H3. The van der Waals surface area contributed by atoms with Crippen LogP contribution in [0.25, 0.3) is 0 Å². The van der Waals surface area contributed by atoms with Gasteiger partial charge in [-0.05, 0) is 74.0 Å². The van der Waals surface area contributed by atoms with Gasteiger partial charge in [-0.1, -0.05) is 36.4 Å². The van der Waals surface area contributed by atoms with Crippen molar-refractivity contribution < 1.29 is 57.7 Å². The van der Waals surface area contributed by atoms with Gasteiger partial charge in [0.25, 0.3) is 0 Å². The molecule has 0 aromatic heterocycles. The first-order valence-corrected chi connectivity index (χ1v) is 18.6. The molecule has 0 aliphatic carbocycles. The second-order valence-corrected chi connectivity index (χ2v) is 14.0. The zero-order valence-corrected chi connectivity index (χ0v) is 31.8. The average Bonchev–Trinajstić information content (AvgIpc) is 3.52. The summed E-state index contributed by atoms with van der Waals surface area (Å²) >= 11 is 0. The van der Waals surface area contributed by atoms with Crippen molar-refractivity contribution in [2.75, 3.05) is 0 Å². The Hall–Kier alpha value is -7.54. The third-order valence-electron chi connectivity index (χ3n) is 9.95. The van der Waals surface area contributed by atoms with Gasteiger partial charge < -0.3 is 33.7 Å². The number of oxime groups is 1. The maximum atomic E-state index is 14.4. The maximum Gasteiger partial charge on any atom is 0.343 e. The highest BCUT2D eigenvalue weighted by Crippen LogP contribution is 2.58. The number of carbonyl (C=O) groups is 7. The molecule has 59 heavy (non-hydrogen) atoms. The van der Waals surface area contributed by atoms with E-state index in [1.54, 1.807) is 60.7 Å². The second kappa shape index (κ2) is 16.5. The van der Waals surface area contributed by atoms with E-state index in [4.69, 9.17) is 18.9 Å². The quantitative estimate of drug-likeness (QED) is 0.0287. The zero-order chi connectivity index (χ0) is 41.8. The number of fused-ring (bicyclic) bond motifs is 6. The van der Waals surface area contributed by atoms with Gasteiger partial charge in [0.2, 0.25) is 0 Å². The number of ether oxygens (including phenoxy) is 4. The number of esters is 3. The summed E-state index contributed by atoms with van der Waals surface area (Å²) in [6.07, 6.45) is -0.118. The number of hydrogen-bond acceptors (Lipinski definition) is 13. The molecule has 1 N–H and O–H groups in total. The Labute approximate surface area is 337 Å². The fourth-order valence-corrected chi connectivity index (χ4v) is 7.24. The van der Waals surface area contributed by atoms with Crippen molar-refractivity contribution in [2.45, 2.75) is 51.6 Å². The molecule has 13 nitrogen and oxygen atoms in total. The summed E-state index contributed by atoms with van der Waals surface area (Å²) in [5, 5.41) is 12.6. The molecule has 0 bridgehead atoms. The summed E-state index contributed by atoms with van der Waals surface area (Å²) in [5.41, 5.74) is -1.10. The Morgan fingerprint density at radius 3 is 1.66 bits per heavy atom.